The Balaban J connectivity index is 2.18. The number of aromatic nitrogens is 1. The van der Waals surface area contributed by atoms with Gasteiger partial charge in [-0.25, -0.2) is 9.37 Å². The Kier molecular flexibility index (Phi) is 3.76. The van der Waals surface area contributed by atoms with Crippen LogP contribution in [0.5, 0.6) is 0 Å². The minimum atomic E-state index is -0.580. The van der Waals surface area contributed by atoms with Crippen LogP contribution in [0.15, 0.2) is 12.3 Å². The molecule has 0 unspecified atom stereocenters. The minimum absolute atomic E-state index is 0.0823. The Hall–Kier alpha value is -1.69. The zero-order chi connectivity index (χ0) is 13.1. The monoisotopic (exact) mass is 252 g/mol. The summed E-state index contributed by atoms with van der Waals surface area (Å²) in [6, 6.07) is 1.43. The molecule has 1 aromatic heterocycles. The number of piperazine rings is 1. The maximum absolute atomic E-state index is 14.0. The molecule has 0 atom stereocenters. The van der Waals surface area contributed by atoms with E-state index in [0.717, 1.165) is 13.1 Å². The van der Waals surface area contributed by atoms with Crippen molar-refractivity contribution in [2.45, 2.75) is 0 Å². The molecule has 0 bridgehead atoms. The van der Waals surface area contributed by atoms with Crippen LogP contribution in [-0.2, 0) is 0 Å². The molecule has 1 aliphatic heterocycles. The van der Waals surface area contributed by atoms with Gasteiger partial charge in [-0.3, -0.25) is 4.79 Å². The van der Waals surface area contributed by atoms with E-state index in [1.165, 1.54) is 12.3 Å². The number of amides is 1. The second-order valence-electron chi connectivity index (χ2n) is 4.37. The van der Waals surface area contributed by atoms with Gasteiger partial charge in [0, 0.05) is 39.4 Å². The number of anilines is 1. The molecule has 1 N–H and O–H groups in total. The summed E-state index contributed by atoms with van der Waals surface area (Å²) in [4.78, 5) is 19.9. The highest BCUT2D eigenvalue weighted by Crippen LogP contribution is 2.17. The molecule has 1 aliphatic rings. The highest BCUT2D eigenvalue weighted by molar-refractivity contribution is 5.95. The van der Waals surface area contributed by atoms with Crippen molar-refractivity contribution in [3.8, 4) is 0 Å². The third kappa shape index (κ3) is 2.43. The summed E-state index contributed by atoms with van der Waals surface area (Å²) in [5.41, 5.74) is 0.0823. The van der Waals surface area contributed by atoms with Gasteiger partial charge >= 0.3 is 0 Å². The van der Waals surface area contributed by atoms with E-state index in [1.807, 2.05) is 7.05 Å². The number of pyridine rings is 1. The SMILES string of the molecule is CNc1nccc(C(=O)N2CCN(C)CC2)c1F. The fraction of sp³-hybridized carbons (Fsp3) is 0.500. The van der Waals surface area contributed by atoms with E-state index in [4.69, 9.17) is 0 Å². The van der Waals surface area contributed by atoms with Crippen LogP contribution >= 0.6 is 0 Å². The van der Waals surface area contributed by atoms with Crippen LogP contribution in [0, 0.1) is 5.82 Å². The number of nitrogens with one attached hydrogen (secondary N) is 1. The fourth-order valence-electron chi connectivity index (χ4n) is 1.96. The first-order chi connectivity index (χ1) is 8.63. The van der Waals surface area contributed by atoms with Gasteiger partial charge in [0.15, 0.2) is 11.6 Å². The molecule has 0 aliphatic carbocycles. The number of carbonyl (C=O) groups is 1. The summed E-state index contributed by atoms with van der Waals surface area (Å²) in [6.07, 6.45) is 1.44. The molecule has 1 fully saturated rings. The Labute approximate surface area is 106 Å². The van der Waals surface area contributed by atoms with Crippen LogP contribution in [0.2, 0.25) is 0 Å². The Bertz CT molecular complexity index is 444. The lowest BCUT2D eigenvalue weighted by atomic mass is 10.2. The standard InChI is InChI=1S/C12H17FN4O/c1-14-11-10(13)9(3-4-15-11)12(18)17-7-5-16(2)6-8-17/h3-4H,5-8H2,1-2H3,(H,14,15). The quantitative estimate of drug-likeness (QED) is 0.839. The highest BCUT2D eigenvalue weighted by atomic mass is 19.1. The third-order valence-corrected chi connectivity index (χ3v) is 3.15. The lowest BCUT2D eigenvalue weighted by molar-refractivity contribution is 0.0659. The van der Waals surface area contributed by atoms with Gasteiger partial charge < -0.3 is 15.1 Å². The Morgan fingerprint density at radius 1 is 1.39 bits per heavy atom. The van der Waals surface area contributed by atoms with Crippen LogP contribution in [0.3, 0.4) is 0 Å². The van der Waals surface area contributed by atoms with Crippen LogP contribution in [0.4, 0.5) is 10.2 Å². The average molecular weight is 252 g/mol. The molecule has 0 spiro atoms. The summed E-state index contributed by atoms with van der Waals surface area (Å²) >= 11 is 0. The number of hydrogen-bond acceptors (Lipinski definition) is 4. The molecule has 6 heteroatoms. The van der Waals surface area contributed by atoms with E-state index in [9.17, 15) is 9.18 Å². The second-order valence-corrected chi connectivity index (χ2v) is 4.37. The topological polar surface area (TPSA) is 48.5 Å². The van der Waals surface area contributed by atoms with Gasteiger partial charge in [-0.15, -0.1) is 0 Å². The number of likely N-dealkylation sites (N-methyl/N-ethyl adjacent to an activating group) is 1. The normalized spacial score (nSPS) is 16.7. The van der Waals surface area contributed by atoms with Crippen molar-refractivity contribution in [3.63, 3.8) is 0 Å². The van der Waals surface area contributed by atoms with Crippen molar-refractivity contribution in [1.82, 2.24) is 14.8 Å². The number of carbonyl (C=O) groups excluding carboxylic acids is 1. The average Bonchev–Trinajstić information content (AvgIpc) is 2.39. The molecular weight excluding hydrogens is 235 g/mol. The van der Waals surface area contributed by atoms with Crippen molar-refractivity contribution >= 4 is 11.7 Å². The smallest absolute Gasteiger partial charge is 0.257 e. The van der Waals surface area contributed by atoms with Gasteiger partial charge in [0.1, 0.15) is 0 Å². The molecule has 2 rings (SSSR count). The molecule has 1 aromatic rings. The third-order valence-electron chi connectivity index (χ3n) is 3.15. The van der Waals surface area contributed by atoms with Gasteiger partial charge in [-0.1, -0.05) is 0 Å². The minimum Gasteiger partial charge on any atom is -0.371 e. The van der Waals surface area contributed by atoms with E-state index in [1.54, 1.807) is 11.9 Å². The highest BCUT2D eigenvalue weighted by Gasteiger charge is 2.23. The van der Waals surface area contributed by atoms with Crippen LogP contribution in [0.1, 0.15) is 10.4 Å². The fourth-order valence-corrected chi connectivity index (χ4v) is 1.96. The first-order valence-electron chi connectivity index (χ1n) is 5.93. The number of halogens is 1. The van der Waals surface area contributed by atoms with Gasteiger partial charge in [0.2, 0.25) is 0 Å². The summed E-state index contributed by atoms with van der Waals surface area (Å²) < 4.78 is 14.0. The lowest BCUT2D eigenvalue weighted by Crippen LogP contribution is -2.47. The van der Waals surface area contributed by atoms with Gasteiger partial charge in [0.05, 0.1) is 5.56 Å². The zero-order valence-electron chi connectivity index (χ0n) is 10.6. The van der Waals surface area contributed by atoms with Crippen LogP contribution in [0.25, 0.3) is 0 Å². The maximum Gasteiger partial charge on any atom is 0.257 e. The molecule has 98 valence electrons. The zero-order valence-corrected chi connectivity index (χ0v) is 10.6. The van der Waals surface area contributed by atoms with E-state index in [-0.39, 0.29) is 17.3 Å². The van der Waals surface area contributed by atoms with E-state index < -0.39 is 5.82 Å². The van der Waals surface area contributed by atoms with Gasteiger partial charge in [0.25, 0.3) is 5.91 Å². The summed E-state index contributed by atoms with van der Waals surface area (Å²) in [7, 11) is 3.59. The summed E-state index contributed by atoms with van der Waals surface area (Å²) in [6.45, 7) is 2.90. The largest absolute Gasteiger partial charge is 0.371 e. The van der Waals surface area contributed by atoms with Crippen molar-refractivity contribution in [1.29, 1.82) is 0 Å². The molecule has 18 heavy (non-hydrogen) atoms. The molecule has 0 saturated carbocycles. The van der Waals surface area contributed by atoms with E-state index >= 15 is 0 Å². The molecule has 1 amide bonds. The van der Waals surface area contributed by atoms with Crippen LogP contribution in [-0.4, -0.2) is 61.0 Å². The summed E-state index contributed by atoms with van der Waals surface area (Å²) in [5.74, 6) is -0.738. The van der Waals surface area contributed by atoms with Crippen LogP contribution < -0.4 is 5.32 Å². The predicted octanol–water partition coefficient (Wildman–Crippen LogP) is 0.650. The van der Waals surface area contributed by atoms with Gasteiger partial charge in [-0.05, 0) is 13.1 Å². The molecule has 0 radical (unpaired) electrons. The molecule has 2 heterocycles. The number of nitrogens with zero attached hydrogens (tertiary/aromatic N) is 3. The number of hydrogen-bond donors (Lipinski definition) is 1. The van der Waals surface area contributed by atoms with Crippen molar-refractivity contribution in [3.05, 3.63) is 23.6 Å². The predicted molar refractivity (Wildman–Crippen MR) is 67.1 cm³/mol. The Morgan fingerprint density at radius 3 is 2.67 bits per heavy atom. The van der Waals surface area contributed by atoms with E-state index in [2.05, 4.69) is 15.2 Å². The lowest BCUT2D eigenvalue weighted by Gasteiger charge is -2.32. The molecule has 1 saturated heterocycles. The Morgan fingerprint density at radius 2 is 2.06 bits per heavy atom. The molecule has 0 aromatic carbocycles. The summed E-state index contributed by atoms with van der Waals surface area (Å²) in [5, 5.41) is 2.64. The first kappa shape index (κ1) is 12.8. The van der Waals surface area contributed by atoms with Crippen molar-refractivity contribution < 1.29 is 9.18 Å². The van der Waals surface area contributed by atoms with Gasteiger partial charge in [-0.2, -0.15) is 0 Å². The van der Waals surface area contributed by atoms with Crippen molar-refractivity contribution in [2.24, 2.45) is 0 Å². The molecule has 5 nitrogen and oxygen atoms in total. The van der Waals surface area contributed by atoms with E-state index in [0.29, 0.717) is 13.1 Å². The van der Waals surface area contributed by atoms with Crippen molar-refractivity contribution in [2.75, 3.05) is 45.6 Å². The first-order valence-corrected chi connectivity index (χ1v) is 5.93. The number of rotatable bonds is 2. The molecular formula is C12H17FN4O. The second kappa shape index (κ2) is 5.30. The maximum atomic E-state index is 14.0.